The molecule has 0 saturated heterocycles. The average molecular weight is 352 g/mol. The molecule has 128 valence electrons. The van der Waals surface area contributed by atoms with Crippen LogP contribution in [0.1, 0.15) is 33.4 Å². The van der Waals surface area contributed by atoms with Crippen LogP contribution in [0.5, 0.6) is 0 Å². The van der Waals surface area contributed by atoms with Crippen molar-refractivity contribution in [2.45, 2.75) is 41.5 Å². The molecule has 0 aliphatic rings. The number of rotatable bonds is 2. The second kappa shape index (κ2) is 8.15. The van der Waals surface area contributed by atoms with Gasteiger partial charge in [-0.05, 0) is 86.1 Å². The first-order valence-electron chi connectivity index (χ1n) is 8.80. The molecule has 0 aromatic heterocycles. The Morgan fingerprint density at radius 2 is 0.885 bits per heavy atom. The minimum absolute atomic E-state index is 0. The van der Waals surface area contributed by atoms with Crippen LogP contribution in [0, 0.1) is 41.5 Å². The summed E-state index contributed by atoms with van der Waals surface area (Å²) in [4.78, 5) is 0. The molecule has 26 heavy (non-hydrogen) atoms. The summed E-state index contributed by atoms with van der Waals surface area (Å²) in [5.41, 5.74) is 13.1. The molecule has 3 aromatic carbocycles. The van der Waals surface area contributed by atoms with Crippen LogP contribution in [-0.2, 0) is 0 Å². The van der Waals surface area contributed by atoms with E-state index in [-0.39, 0.29) is 18.9 Å². The van der Waals surface area contributed by atoms with E-state index in [9.17, 15) is 0 Å². The Labute approximate surface area is 172 Å². The van der Waals surface area contributed by atoms with Gasteiger partial charge in [0.15, 0.2) is 0 Å². The van der Waals surface area contributed by atoms with Gasteiger partial charge in [0.05, 0.1) is 0 Å². The van der Waals surface area contributed by atoms with Crippen molar-refractivity contribution < 1.29 is 18.9 Å². The third-order valence-electron chi connectivity index (χ3n) is 4.96. The van der Waals surface area contributed by atoms with Crippen LogP contribution in [0.15, 0.2) is 42.5 Å². The number of hydrogen-bond donors (Lipinski definition) is 0. The van der Waals surface area contributed by atoms with Crippen LogP contribution in [0.3, 0.4) is 0 Å². The zero-order valence-corrected chi connectivity index (χ0v) is 18.0. The summed E-state index contributed by atoms with van der Waals surface area (Å²) in [6, 6.07) is 15.7. The van der Waals surface area contributed by atoms with E-state index < -0.39 is 0 Å². The summed E-state index contributed by atoms with van der Waals surface area (Å²) in [5, 5.41) is 1.17. The van der Waals surface area contributed by atoms with Gasteiger partial charge in [0.2, 0.25) is 0 Å². The second-order valence-electron chi connectivity index (χ2n) is 7.28. The topological polar surface area (TPSA) is 0 Å². The smallest absolute Gasteiger partial charge is 0.523 e. The Bertz CT molecular complexity index is 848. The van der Waals surface area contributed by atoms with Gasteiger partial charge in [0.1, 0.15) is 0 Å². The molecule has 0 heterocycles. The van der Waals surface area contributed by atoms with Crippen LogP contribution >= 0.6 is 9.24 Å². The molecule has 0 unspecified atom stereocenters. The van der Waals surface area contributed by atoms with Gasteiger partial charge in [-0.25, -0.2) is 0 Å². The van der Waals surface area contributed by atoms with Gasteiger partial charge in [0.25, 0.3) is 0 Å². The number of aryl methyl sites for hydroxylation is 6. The Kier molecular flexibility index (Phi) is 6.58. The summed E-state index contributed by atoms with van der Waals surface area (Å²) in [6.07, 6.45) is 0. The van der Waals surface area contributed by atoms with Gasteiger partial charge < -0.3 is 9.24 Å². The second-order valence-corrected chi connectivity index (χ2v) is 7.78. The standard InChI is InChI=1S/C24H26P.Li/c1-14-10-16(3)22(17(4)11-14)20-8-7-9-21(24(20)25)23-18(5)12-15(2)13-19(23)6;/h7-13,25H,1-6H3;/q-1;+1. The van der Waals surface area contributed by atoms with Crippen molar-refractivity contribution >= 4 is 14.5 Å². The molecule has 2 heteroatoms. The van der Waals surface area contributed by atoms with Crippen molar-refractivity contribution in [3.8, 4) is 22.3 Å². The van der Waals surface area contributed by atoms with Crippen molar-refractivity contribution in [1.82, 2.24) is 0 Å². The molecule has 0 radical (unpaired) electrons. The van der Waals surface area contributed by atoms with E-state index in [1.54, 1.807) is 0 Å². The summed E-state index contributed by atoms with van der Waals surface area (Å²) >= 11 is 0. The predicted molar refractivity (Wildman–Crippen MR) is 114 cm³/mol. The Balaban J connectivity index is 0.00000243. The first-order valence-corrected chi connectivity index (χ1v) is 9.30. The molecule has 0 fully saturated rings. The summed E-state index contributed by atoms with van der Waals surface area (Å²) in [7, 11) is 3.99. The molecule has 3 rings (SSSR count). The Morgan fingerprint density at radius 3 is 1.19 bits per heavy atom. The van der Waals surface area contributed by atoms with Crippen LogP contribution in [0.4, 0.5) is 0 Å². The van der Waals surface area contributed by atoms with Gasteiger partial charge in [-0.15, -0.1) is 0 Å². The van der Waals surface area contributed by atoms with Crippen molar-refractivity contribution in [1.29, 1.82) is 0 Å². The first kappa shape index (κ1) is 21.0. The molecule has 0 aliphatic carbocycles. The van der Waals surface area contributed by atoms with Gasteiger partial charge in [-0.3, -0.25) is 0 Å². The molecule has 0 aliphatic heterocycles. The normalized spacial score (nSPS) is 10.6. The van der Waals surface area contributed by atoms with Gasteiger partial charge in [-0.1, -0.05) is 53.6 Å². The summed E-state index contributed by atoms with van der Waals surface area (Å²) < 4.78 is 0. The SMILES string of the molecule is Cc1cc(C)c(-c2cccc(-c3c(C)cc(C)cc3C)c2[PH-])c(C)c1.[Li+]. The molecule has 0 spiro atoms. The molecule has 0 bridgehead atoms. The van der Waals surface area contributed by atoms with E-state index in [4.69, 9.17) is 0 Å². The fourth-order valence-electron chi connectivity index (χ4n) is 4.18. The number of hydrogen-bond acceptors (Lipinski definition) is 0. The fourth-order valence-corrected chi connectivity index (χ4v) is 4.60. The van der Waals surface area contributed by atoms with E-state index in [1.807, 2.05) is 0 Å². The van der Waals surface area contributed by atoms with Gasteiger partial charge in [-0.2, -0.15) is 5.30 Å². The molecular weight excluding hydrogens is 326 g/mol. The maximum Gasteiger partial charge on any atom is 1.00 e. The van der Waals surface area contributed by atoms with E-state index >= 15 is 0 Å². The maximum absolute atomic E-state index is 3.99. The zero-order chi connectivity index (χ0) is 18.3. The van der Waals surface area contributed by atoms with Crippen LogP contribution < -0.4 is 24.2 Å². The molecule has 3 aromatic rings. The van der Waals surface area contributed by atoms with Crippen molar-refractivity contribution in [3.63, 3.8) is 0 Å². The van der Waals surface area contributed by atoms with Crippen LogP contribution in [0.25, 0.3) is 22.3 Å². The maximum atomic E-state index is 3.99. The van der Waals surface area contributed by atoms with E-state index in [0.29, 0.717) is 0 Å². The van der Waals surface area contributed by atoms with E-state index in [0.717, 1.165) is 0 Å². The van der Waals surface area contributed by atoms with Gasteiger partial charge in [0, 0.05) is 0 Å². The molecular formula is C24H26LiP. The zero-order valence-electron chi connectivity index (χ0n) is 17.0. The predicted octanol–water partition coefficient (Wildman–Crippen LogP) is 3.64. The first-order chi connectivity index (χ1) is 11.8. The monoisotopic (exact) mass is 352 g/mol. The minimum atomic E-state index is 0. The van der Waals surface area contributed by atoms with E-state index in [2.05, 4.69) is 93.2 Å². The minimum Gasteiger partial charge on any atom is -0.523 e. The Hall–Kier alpha value is -1.31. The average Bonchev–Trinajstić information content (AvgIpc) is 2.48. The van der Waals surface area contributed by atoms with Crippen molar-refractivity contribution in [2.75, 3.05) is 0 Å². The Morgan fingerprint density at radius 1 is 0.577 bits per heavy atom. The van der Waals surface area contributed by atoms with Gasteiger partial charge >= 0.3 is 18.9 Å². The molecule has 0 atom stereocenters. The third kappa shape index (κ3) is 3.84. The number of benzene rings is 3. The quantitative estimate of drug-likeness (QED) is 0.488. The van der Waals surface area contributed by atoms with Crippen molar-refractivity contribution in [2.24, 2.45) is 0 Å². The van der Waals surface area contributed by atoms with Crippen LogP contribution in [0.2, 0.25) is 0 Å². The molecule has 0 N–H and O–H groups in total. The molecule has 0 amide bonds. The van der Waals surface area contributed by atoms with Crippen molar-refractivity contribution in [3.05, 3.63) is 75.8 Å². The summed E-state index contributed by atoms with van der Waals surface area (Å²) in [5.74, 6) is 0. The molecule has 0 nitrogen and oxygen atoms in total. The largest absolute Gasteiger partial charge is 1.00 e. The van der Waals surface area contributed by atoms with E-state index in [1.165, 1.54) is 60.9 Å². The third-order valence-corrected chi connectivity index (χ3v) is 5.50. The molecule has 0 saturated carbocycles. The fraction of sp³-hybridized carbons (Fsp3) is 0.250. The summed E-state index contributed by atoms with van der Waals surface area (Å²) in [6.45, 7) is 13.1. The van der Waals surface area contributed by atoms with Crippen LogP contribution in [-0.4, -0.2) is 0 Å².